The third kappa shape index (κ3) is 3.23. The Bertz CT molecular complexity index is 936. The number of aromatic nitrogens is 5. The number of imidazole rings is 1. The Morgan fingerprint density at radius 3 is 2.77 bits per heavy atom. The van der Waals surface area contributed by atoms with Gasteiger partial charge in [-0.2, -0.15) is 0 Å². The maximum atomic E-state index is 13.4. The molecule has 0 unspecified atom stereocenters. The average molecular weight is 358 g/mol. The van der Waals surface area contributed by atoms with Crippen LogP contribution in [0, 0.1) is 0 Å². The summed E-state index contributed by atoms with van der Waals surface area (Å²) in [6.45, 7) is 4.15. The molecule has 6 nitrogen and oxygen atoms in total. The van der Waals surface area contributed by atoms with E-state index in [1.807, 2.05) is 12.4 Å². The smallest absolute Gasteiger partial charge is 0.267 e. The molecule has 4 heterocycles. The second-order valence-corrected chi connectivity index (χ2v) is 6.96. The molecule has 0 bridgehead atoms. The lowest BCUT2D eigenvalue weighted by molar-refractivity contribution is 0.0256. The highest BCUT2D eigenvalue weighted by molar-refractivity contribution is 5.74. The quantitative estimate of drug-likeness (QED) is 0.717. The second-order valence-electron chi connectivity index (χ2n) is 6.96. The molecule has 0 spiro atoms. The van der Waals surface area contributed by atoms with E-state index in [1.54, 1.807) is 18.5 Å². The largest absolute Gasteiger partial charge is 0.335 e. The lowest BCUT2D eigenvalue weighted by Crippen LogP contribution is -2.26. The molecule has 4 rings (SSSR count). The summed E-state index contributed by atoms with van der Waals surface area (Å²) in [5.41, 5.74) is 3.49. The molecule has 0 radical (unpaired) electrons. The van der Waals surface area contributed by atoms with Crippen LogP contribution in [0.15, 0.2) is 30.9 Å². The molecule has 0 aliphatic carbocycles. The molecule has 0 saturated carbocycles. The second kappa shape index (κ2) is 6.26. The Kier molecular flexibility index (Phi) is 4.05. The summed E-state index contributed by atoms with van der Waals surface area (Å²) in [4.78, 5) is 19.0. The van der Waals surface area contributed by atoms with Gasteiger partial charge in [0.15, 0.2) is 0 Å². The number of hydrogen-bond donors (Lipinski definition) is 0. The Hall–Kier alpha value is -2.64. The summed E-state index contributed by atoms with van der Waals surface area (Å²) < 4.78 is 29.0. The molecular formula is C18H20F2N6. The van der Waals surface area contributed by atoms with E-state index in [9.17, 15) is 8.78 Å². The first-order valence-electron chi connectivity index (χ1n) is 8.67. The lowest BCUT2D eigenvalue weighted by atomic mass is 10.2. The zero-order valence-electron chi connectivity index (χ0n) is 14.7. The fourth-order valence-electron chi connectivity index (χ4n) is 3.21. The van der Waals surface area contributed by atoms with E-state index < -0.39 is 5.92 Å². The van der Waals surface area contributed by atoms with Crippen molar-refractivity contribution in [1.29, 1.82) is 0 Å². The number of alkyl halides is 2. The average Bonchev–Trinajstić information content (AvgIpc) is 3.18. The summed E-state index contributed by atoms with van der Waals surface area (Å²) in [6.07, 6.45) is 5.55. The van der Waals surface area contributed by atoms with Gasteiger partial charge >= 0.3 is 0 Å². The van der Waals surface area contributed by atoms with E-state index in [-0.39, 0.29) is 19.5 Å². The Labute approximate surface area is 149 Å². The number of hydrogen-bond acceptors (Lipinski definition) is 5. The minimum absolute atomic E-state index is 0.155. The molecule has 1 saturated heterocycles. The van der Waals surface area contributed by atoms with Crippen molar-refractivity contribution in [2.24, 2.45) is 0 Å². The van der Waals surface area contributed by atoms with Gasteiger partial charge in [-0.25, -0.2) is 23.7 Å². The monoisotopic (exact) mass is 358 g/mol. The maximum Gasteiger partial charge on any atom is 0.267 e. The van der Waals surface area contributed by atoms with Gasteiger partial charge in [-0.05, 0) is 26.0 Å². The van der Waals surface area contributed by atoms with Gasteiger partial charge in [-0.1, -0.05) is 0 Å². The maximum absolute atomic E-state index is 13.4. The molecule has 136 valence electrons. The van der Waals surface area contributed by atoms with Crippen molar-refractivity contribution >= 4 is 17.0 Å². The Morgan fingerprint density at radius 1 is 1.19 bits per heavy atom. The first-order chi connectivity index (χ1) is 12.4. The molecule has 0 aromatic carbocycles. The molecule has 3 aromatic rings. The van der Waals surface area contributed by atoms with Crippen LogP contribution in [0.2, 0.25) is 0 Å². The van der Waals surface area contributed by atoms with Crippen molar-refractivity contribution in [2.75, 3.05) is 18.0 Å². The molecule has 1 aliphatic rings. The van der Waals surface area contributed by atoms with Crippen LogP contribution in [0.25, 0.3) is 11.0 Å². The third-order valence-corrected chi connectivity index (χ3v) is 4.59. The van der Waals surface area contributed by atoms with E-state index in [0.717, 1.165) is 22.4 Å². The highest BCUT2D eigenvalue weighted by Crippen LogP contribution is 2.29. The van der Waals surface area contributed by atoms with E-state index in [0.29, 0.717) is 18.4 Å². The van der Waals surface area contributed by atoms with E-state index in [2.05, 4.69) is 38.4 Å². The van der Waals surface area contributed by atoms with Crippen LogP contribution >= 0.6 is 0 Å². The standard InChI is InChI=1S/C18H20F2N6/c1-12(2)26-11-23-15-9-22-14(8-16(15)26)7-13-3-5-21-17(24-13)25-6-4-18(19,20)10-25/h3,5,8-9,11-12H,4,6-7,10H2,1-2H3. The predicted octanol–water partition coefficient (Wildman–Crippen LogP) is 3.24. The number of nitrogens with zero attached hydrogens (tertiary/aromatic N) is 6. The normalized spacial score (nSPS) is 16.7. The Morgan fingerprint density at radius 2 is 2.04 bits per heavy atom. The van der Waals surface area contributed by atoms with Crippen molar-refractivity contribution in [3.63, 3.8) is 0 Å². The van der Waals surface area contributed by atoms with Crippen molar-refractivity contribution in [2.45, 2.75) is 38.7 Å². The molecule has 8 heteroatoms. The van der Waals surface area contributed by atoms with Crippen molar-refractivity contribution in [3.05, 3.63) is 42.2 Å². The molecule has 0 atom stereocenters. The van der Waals surface area contributed by atoms with Crippen LogP contribution in [0.1, 0.15) is 37.7 Å². The van der Waals surface area contributed by atoms with E-state index in [1.165, 1.54) is 4.90 Å². The summed E-state index contributed by atoms with van der Waals surface area (Å²) in [6, 6.07) is 4.11. The Balaban J connectivity index is 1.58. The van der Waals surface area contributed by atoms with Gasteiger partial charge < -0.3 is 9.47 Å². The highest BCUT2D eigenvalue weighted by Gasteiger charge is 2.39. The number of anilines is 1. The van der Waals surface area contributed by atoms with Crippen molar-refractivity contribution < 1.29 is 8.78 Å². The fraction of sp³-hybridized carbons (Fsp3) is 0.444. The first kappa shape index (κ1) is 16.8. The molecule has 0 N–H and O–H groups in total. The van der Waals surface area contributed by atoms with Crippen LogP contribution in [-0.4, -0.2) is 43.5 Å². The van der Waals surface area contributed by atoms with Crippen LogP contribution in [-0.2, 0) is 6.42 Å². The molecule has 1 aliphatic heterocycles. The predicted molar refractivity (Wildman–Crippen MR) is 94.5 cm³/mol. The minimum Gasteiger partial charge on any atom is -0.335 e. The van der Waals surface area contributed by atoms with Crippen LogP contribution in [0.4, 0.5) is 14.7 Å². The molecule has 0 amide bonds. The fourth-order valence-corrected chi connectivity index (χ4v) is 3.21. The van der Waals surface area contributed by atoms with Crippen molar-refractivity contribution in [1.82, 2.24) is 24.5 Å². The van der Waals surface area contributed by atoms with Gasteiger partial charge in [0.05, 0.1) is 30.3 Å². The minimum atomic E-state index is -2.67. The number of fused-ring (bicyclic) bond motifs is 1. The van der Waals surface area contributed by atoms with E-state index in [4.69, 9.17) is 0 Å². The zero-order chi connectivity index (χ0) is 18.3. The summed E-state index contributed by atoms with van der Waals surface area (Å²) in [5, 5.41) is 0. The van der Waals surface area contributed by atoms with Crippen molar-refractivity contribution in [3.8, 4) is 0 Å². The van der Waals surface area contributed by atoms with Gasteiger partial charge in [0.25, 0.3) is 5.92 Å². The van der Waals surface area contributed by atoms with Gasteiger partial charge in [-0.3, -0.25) is 4.98 Å². The third-order valence-electron chi connectivity index (χ3n) is 4.59. The number of rotatable bonds is 4. The van der Waals surface area contributed by atoms with Crippen LogP contribution in [0.3, 0.4) is 0 Å². The number of pyridine rings is 1. The van der Waals surface area contributed by atoms with Crippen LogP contribution in [0.5, 0.6) is 0 Å². The van der Waals surface area contributed by atoms with Gasteiger partial charge in [0, 0.05) is 37.3 Å². The first-order valence-corrected chi connectivity index (χ1v) is 8.67. The zero-order valence-corrected chi connectivity index (χ0v) is 14.7. The lowest BCUT2D eigenvalue weighted by Gasteiger charge is -2.16. The SMILES string of the molecule is CC(C)n1cnc2cnc(Cc3ccnc(N4CCC(F)(F)C4)n3)cc21. The molecule has 26 heavy (non-hydrogen) atoms. The summed E-state index contributed by atoms with van der Waals surface area (Å²) in [7, 11) is 0. The summed E-state index contributed by atoms with van der Waals surface area (Å²) >= 11 is 0. The van der Waals surface area contributed by atoms with Crippen LogP contribution < -0.4 is 4.90 Å². The molecule has 1 fully saturated rings. The topological polar surface area (TPSA) is 59.7 Å². The van der Waals surface area contributed by atoms with Gasteiger partial charge in [0.1, 0.15) is 5.52 Å². The number of halogens is 2. The molecule has 3 aromatic heterocycles. The molecular weight excluding hydrogens is 338 g/mol. The highest BCUT2D eigenvalue weighted by atomic mass is 19.3. The van der Waals surface area contributed by atoms with E-state index >= 15 is 0 Å². The van der Waals surface area contributed by atoms with Gasteiger partial charge in [0.2, 0.25) is 5.95 Å². The summed E-state index contributed by atoms with van der Waals surface area (Å²) in [5.74, 6) is -2.31. The van der Waals surface area contributed by atoms with Gasteiger partial charge in [-0.15, -0.1) is 0 Å².